The molecule has 0 atom stereocenters. The Balaban J connectivity index is 3.64. The van der Waals surface area contributed by atoms with Crippen LogP contribution in [0.1, 0.15) is 0 Å². The summed E-state index contributed by atoms with van der Waals surface area (Å²) in [5.74, 6) is 0. The number of rotatable bonds is 0. The van der Waals surface area contributed by atoms with Gasteiger partial charge in [0.2, 0.25) is 0 Å². The lowest BCUT2D eigenvalue weighted by molar-refractivity contribution is 1.18. The van der Waals surface area contributed by atoms with Crippen LogP contribution in [0.15, 0.2) is 0 Å². The van der Waals surface area contributed by atoms with E-state index < -0.39 is 0 Å². The van der Waals surface area contributed by atoms with Gasteiger partial charge in [0.1, 0.15) is 9.98 Å². The molecule has 0 saturated heterocycles. The Morgan fingerprint density at radius 2 is 1.25 bits per heavy atom. The van der Waals surface area contributed by atoms with Crippen LogP contribution in [0.2, 0.25) is 0 Å². The molecule has 0 aliphatic rings. The summed E-state index contributed by atoms with van der Waals surface area (Å²) in [7, 11) is 3.48. The lowest BCUT2D eigenvalue weighted by Gasteiger charge is -2.01. The van der Waals surface area contributed by atoms with Crippen LogP contribution >= 0.6 is 24.4 Å². The van der Waals surface area contributed by atoms with Crippen molar-refractivity contribution in [3.8, 4) is 0 Å². The molecule has 0 aliphatic carbocycles. The van der Waals surface area contributed by atoms with Crippen molar-refractivity contribution in [1.29, 1.82) is 0 Å². The van der Waals surface area contributed by atoms with Crippen LogP contribution in [-0.2, 0) is 0 Å². The van der Waals surface area contributed by atoms with Gasteiger partial charge >= 0.3 is 0 Å². The number of hydrogen-bond donors (Lipinski definition) is 2. The van der Waals surface area contributed by atoms with Gasteiger partial charge in [-0.25, -0.2) is 0 Å². The first-order valence-electron chi connectivity index (χ1n) is 2.16. The monoisotopic (exact) mass is 148 g/mol. The molecular formula is C4H8N2S2. The second-order valence-corrected chi connectivity index (χ2v) is 1.97. The molecule has 0 radical (unpaired) electrons. The maximum Gasteiger partial charge on any atom is 0.133 e. The Morgan fingerprint density at radius 1 is 1.00 bits per heavy atom. The van der Waals surface area contributed by atoms with Gasteiger partial charge in [-0.1, -0.05) is 24.4 Å². The van der Waals surface area contributed by atoms with E-state index >= 15 is 0 Å². The summed E-state index contributed by atoms with van der Waals surface area (Å²) in [4.78, 5) is 1.17. The average Bonchev–Trinajstić information content (AvgIpc) is 1.84. The van der Waals surface area contributed by atoms with Gasteiger partial charge in [0, 0.05) is 14.1 Å². The first-order chi connectivity index (χ1) is 3.72. The van der Waals surface area contributed by atoms with E-state index in [4.69, 9.17) is 24.4 Å². The highest BCUT2D eigenvalue weighted by Crippen LogP contribution is 1.72. The van der Waals surface area contributed by atoms with Crippen LogP contribution < -0.4 is 10.6 Å². The van der Waals surface area contributed by atoms with E-state index in [1.54, 1.807) is 14.1 Å². The molecule has 0 unspecified atom stereocenters. The molecular weight excluding hydrogens is 140 g/mol. The Bertz CT molecular complexity index is 96.6. The van der Waals surface area contributed by atoms with Crippen molar-refractivity contribution >= 4 is 34.4 Å². The van der Waals surface area contributed by atoms with Gasteiger partial charge in [0.15, 0.2) is 0 Å². The fourth-order valence-corrected chi connectivity index (χ4v) is 0.431. The molecule has 46 valence electrons. The van der Waals surface area contributed by atoms with Crippen molar-refractivity contribution in [3.05, 3.63) is 0 Å². The first-order valence-corrected chi connectivity index (χ1v) is 2.97. The van der Waals surface area contributed by atoms with E-state index in [1.165, 1.54) is 0 Å². The number of nitrogens with one attached hydrogen (secondary N) is 2. The Hall–Kier alpha value is -0.220. The topological polar surface area (TPSA) is 24.1 Å². The van der Waals surface area contributed by atoms with E-state index in [2.05, 4.69) is 10.6 Å². The maximum atomic E-state index is 4.76. The second-order valence-electron chi connectivity index (χ2n) is 1.16. The van der Waals surface area contributed by atoms with E-state index in [0.29, 0.717) is 9.98 Å². The van der Waals surface area contributed by atoms with E-state index in [0.717, 1.165) is 0 Å². The molecule has 0 spiro atoms. The zero-order valence-electron chi connectivity index (χ0n) is 4.82. The van der Waals surface area contributed by atoms with Crippen molar-refractivity contribution in [2.45, 2.75) is 0 Å². The van der Waals surface area contributed by atoms with Crippen molar-refractivity contribution in [2.75, 3.05) is 14.1 Å². The summed E-state index contributed by atoms with van der Waals surface area (Å²) in [6.45, 7) is 0. The van der Waals surface area contributed by atoms with Crippen LogP contribution in [0.4, 0.5) is 0 Å². The molecule has 0 heterocycles. The molecule has 4 heteroatoms. The Morgan fingerprint density at radius 3 is 1.38 bits per heavy atom. The third-order valence-electron chi connectivity index (χ3n) is 0.660. The third-order valence-corrected chi connectivity index (χ3v) is 1.61. The standard InChI is InChI=1S/C4H8N2S2/c1-5-3(7)4(8)6-2/h1-2H3,(H,5,7)(H,6,8). The molecule has 0 amide bonds. The zero-order valence-corrected chi connectivity index (χ0v) is 6.45. The van der Waals surface area contributed by atoms with Gasteiger partial charge in [0.05, 0.1) is 0 Å². The lowest BCUT2D eigenvalue weighted by Crippen LogP contribution is -2.32. The van der Waals surface area contributed by atoms with Crippen molar-refractivity contribution in [1.82, 2.24) is 10.6 Å². The first kappa shape index (κ1) is 7.78. The van der Waals surface area contributed by atoms with Crippen LogP contribution in [0, 0.1) is 0 Å². The molecule has 0 bridgehead atoms. The largest absolute Gasteiger partial charge is 0.377 e. The SMILES string of the molecule is CNC(=S)C(=S)NC. The van der Waals surface area contributed by atoms with Crippen molar-refractivity contribution in [2.24, 2.45) is 0 Å². The van der Waals surface area contributed by atoms with Gasteiger partial charge in [-0.15, -0.1) is 0 Å². The van der Waals surface area contributed by atoms with Gasteiger partial charge in [-0.2, -0.15) is 0 Å². The highest BCUT2D eigenvalue weighted by atomic mass is 32.1. The van der Waals surface area contributed by atoms with Crippen molar-refractivity contribution in [3.63, 3.8) is 0 Å². The minimum atomic E-state index is 0.586. The average molecular weight is 148 g/mol. The van der Waals surface area contributed by atoms with Gasteiger partial charge < -0.3 is 10.6 Å². The summed E-state index contributed by atoms with van der Waals surface area (Å²) in [6.07, 6.45) is 0. The number of hydrogen-bond acceptors (Lipinski definition) is 2. The van der Waals surface area contributed by atoms with Crippen LogP contribution in [0.5, 0.6) is 0 Å². The van der Waals surface area contributed by atoms with E-state index in [-0.39, 0.29) is 0 Å². The normalized spacial score (nSPS) is 7.75. The highest BCUT2D eigenvalue weighted by molar-refractivity contribution is 7.89. The minimum absolute atomic E-state index is 0.586. The van der Waals surface area contributed by atoms with Crippen LogP contribution in [0.3, 0.4) is 0 Å². The molecule has 2 nitrogen and oxygen atoms in total. The van der Waals surface area contributed by atoms with Gasteiger partial charge in [-0.3, -0.25) is 0 Å². The van der Waals surface area contributed by atoms with Crippen molar-refractivity contribution < 1.29 is 0 Å². The maximum absolute atomic E-state index is 4.76. The van der Waals surface area contributed by atoms with E-state index in [1.807, 2.05) is 0 Å². The Labute approximate surface area is 59.7 Å². The smallest absolute Gasteiger partial charge is 0.133 e. The highest BCUT2D eigenvalue weighted by Gasteiger charge is 1.94. The summed E-state index contributed by atoms with van der Waals surface area (Å²) in [5, 5.41) is 5.49. The quantitative estimate of drug-likeness (QED) is 0.475. The molecule has 0 aromatic heterocycles. The fraction of sp³-hybridized carbons (Fsp3) is 0.500. The molecule has 0 rings (SSSR count). The fourth-order valence-electron chi connectivity index (χ4n) is 0.227. The molecule has 0 aromatic rings. The summed E-state index contributed by atoms with van der Waals surface area (Å²) >= 11 is 9.52. The van der Waals surface area contributed by atoms with E-state index in [9.17, 15) is 0 Å². The zero-order chi connectivity index (χ0) is 6.57. The van der Waals surface area contributed by atoms with Gasteiger partial charge in [-0.05, 0) is 0 Å². The molecule has 0 fully saturated rings. The summed E-state index contributed by atoms with van der Waals surface area (Å²) in [6, 6.07) is 0. The second kappa shape index (κ2) is 3.74. The summed E-state index contributed by atoms with van der Waals surface area (Å²) in [5.41, 5.74) is 0. The Kier molecular flexibility index (Phi) is 3.64. The molecule has 2 N–H and O–H groups in total. The predicted octanol–water partition coefficient (Wildman–Crippen LogP) is 0.0800. The predicted molar refractivity (Wildman–Crippen MR) is 43.3 cm³/mol. The summed E-state index contributed by atoms with van der Waals surface area (Å²) < 4.78 is 0. The lowest BCUT2D eigenvalue weighted by atomic mass is 10.6. The molecule has 0 aromatic carbocycles. The molecule has 0 saturated carbocycles. The molecule has 8 heavy (non-hydrogen) atoms. The third kappa shape index (κ3) is 2.18. The minimum Gasteiger partial charge on any atom is -0.377 e. The van der Waals surface area contributed by atoms with Crippen LogP contribution in [-0.4, -0.2) is 24.1 Å². The number of thiocarbonyl (C=S) groups is 2. The van der Waals surface area contributed by atoms with Gasteiger partial charge in [0.25, 0.3) is 0 Å². The van der Waals surface area contributed by atoms with Crippen LogP contribution in [0.25, 0.3) is 0 Å². The number of likely N-dealkylation sites (N-methyl/N-ethyl adjacent to an activating group) is 2. The molecule has 0 aliphatic heterocycles.